The normalized spacial score (nSPS) is 12.7. The van der Waals surface area contributed by atoms with Crippen LogP contribution in [0.5, 0.6) is 0 Å². The van der Waals surface area contributed by atoms with Gasteiger partial charge in [0.2, 0.25) is 0 Å². The second kappa shape index (κ2) is 5.76. The Hall–Kier alpha value is -1.32. The maximum Gasteiger partial charge on any atom is 0.131 e. The largest absolute Gasteiger partial charge is 0.306 e. The maximum atomic E-state index is 6.23. The molecule has 19 heavy (non-hydrogen) atoms. The van der Waals surface area contributed by atoms with Crippen LogP contribution in [0.15, 0.2) is 24.3 Å². The van der Waals surface area contributed by atoms with Gasteiger partial charge in [-0.15, -0.1) is 0 Å². The number of nitrogens with zero attached hydrogens (tertiary/aromatic N) is 2. The first kappa shape index (κ1) is 14.1. The summed E-state index contributed by atoms with van der Waals surface area (Å²) in [6, 6.07) is 8.83. The molecule has 0 bridgehead atoms. The van der Waals surface area contributed by atoms with Crippen molar-refractivity contribution in [2.75, 3.05) is 0 Å². The number of nitrogens with one attached hydrogen (secondary N) is 1. The Labute approximate surface area is 119 Å². The Kier molecular flexibility index (Phi) is 4.27. The van der Waals surface area contributed by atoms with Crippen molar-refractivity contribution in [1.82, 2.24) is 15.1 Å². The average Bonchev–Trinajstić information content (AvgIpc) is 2.61. The standard InChI is InChI=1S/C15H20ClN3/c1-10-6-5-7-13(8-10)11(2)17-9-14-12(3)18-19(4)15(14)16/h5-8,11,17H,9H2,1-4H3/t11-/m0/s1. The van der Waals surface area contributed by atoms with Crippen LogP contribution in [-0.2, 0) is 13.6 Å². The van der Waals surface area contributed by atoms with Crippen LogP contribution in [0.1, 0.15) is 35.3 Å². The molecular formula is C15H20ClN3. The van der Waals surface area contributed by atoms with Gasteiger partial charge in [0.05, 0.1) is 5.69 Å². The maximum absolute atomic E-state index is 6.23. The summed E-state index contributed by atoms with van der Waals surface area (Å²) in [5.74, 6) is 0. The molecule has 2 rings (SSSR count). The van der Waals surface area contributed by atoms with Crippen molar-refractivity contribution in [2.24, 2.45) is 7.05 Å². The van der Waals surface area contributed by atoms with Gasteiger partial charge in [0.15, 0.2) is 0 Å². The van der Waals surface area contributed by atoms with Crippen molar-refractivity contribution < 1.29 is 0 Å². The molecule has 0 amide bonds. The zero-order valence-electron chi connectivity index (χ0n) is 11.9. The molecule has 0 spiro atoms. The molecule has 0 fully saturated rings. The number of hydrogen-bond acceptors (Lipinski definition) is 2. The fraction of sp³-hybridized carbons (Fsp3) is 0.400. The fourth-order valence-corrected chi connectivity index (χ4v) is 2.43. The Morgan fingerprint density at radius 3 is 2.68 bits per heavy atom. The van der Waals surface area contributed by atoms with Crippen molar-refractivity contribution in [1.29, 1.82) is 0 Å². The van der Waals surface area contributed by atoms with Gasteiger partial charge < -0.3 is 5.32 Å². The van der Waals surface area contributed by atoms with E-state index in [1.807, 2.05) is 14.0 Å². The van der Waals surface area contributed by atoms with E-state index in [0.29, 0.717) is 5.15 Å². The molecule has 1 aromatic carbocycles. The lowest BCUT2D eigenvalue weighted by atomic mass is 10.1. The summed E-state index contributed by atoms with van der Waals surface area (Å²) in [4.78, 5) is 0. The third-order valence-electron chi connectivity index (χ3n) is 3.40. The van der Waals surface area contributed by atoms with Gasteiger partial charge in [0.25, 0.3) is 0 Å². The molecule has 0 aliphatic carbocycles. The van der Waals surface area contributed by atoms with Crippen LogP contribution in [0.3, 0.4) is 0 Å². The van der Waals surface area contributed by atoms with E-state index >= 15 is 0 Å². The highest BCUT2D eigenvalue weighted by Gasteiger charge is 2.12. The van der Waals surface area contributed by atoms with Gasteiger partial charge in [-0.25, -0.2) is 0 Å². The molecule has 3 nitrogen and oxygen atoms in total. The number of aryl methyl sites for hydroxylation is 3. The molecule has 1 N–H and O–H groups in total. The fourth-order valence-electron chi connectivity index (χ4n) is 2.19. The zero-order chi connectivity index (χ0) is 14.0. The van der Waals surface area contributed by atoms with Crippen molar-refractivity contribution in [3.8, 4) is 0 Å². The lowest BCUT2D eigenvalue weighted by Gasteiger charge is -2.14. The van der Waals surface area contributed by atoms with Gasteiger partial charge in [-0.1, -0.05) is 41.4 Å². The molecule has 4 heteroatoms. The third kappa shape index (κ3) is 3.17. The number of halogens is 1. The Bertz CT molecular complexity index is 575. The van der Waals surface area contributed by atoms with Crippen LogP contribution in [0.2, 0.25) is 5.15 Å². The van der Waals surface area contributed by atoms with Crippen LogP contribution in [0.4, 0.5) is 0 Å². The molecular weight excluding hydrogens is 258 g/mol. The predicted octanol–water partition coefficient (Wildman–Crippen LogP) is 3.54. The van der Waals surface area contributed by atoms with Crippen LogP contribution >= 0.6 is 11.6 Å². The molecule has 0 saturated heterocycles. The molecule has 102 valence electrons. The molecule has 1 heterocycles. The van der Waals surface area contributed by atoms with Crippen LogP contribution in [0.25, 0.3) is 0 Å². The smallest absolute Gasteiger partial charge is 0.131 e. The minimum atomic E-state index is 0.288. The molecule has 0 aliphatic heterocycles. The summed E-state index contributed by atoms with van der Waals surface area (Å²) in [6.45, 7) is 6.99. The average molecular weight is 278 g/mol. The van der Waals surface area contributed by atoms with E-state index in [-0.39, 0.29) is 6.04 Å². The molecule has 1 atom stereocenters. The minimum absolute atomic E-state index is 0.288. The highest BCUT2D eigenvalue weighted by atomic mass is 35.5. The Morgan fingerprint density at radius 1 is 1.37 bits per heavy atom. The minimum Gasteiger partial charge on any atom is -0.306 e. The summed E-state index contributed by atoms with van der Waals surface area (Å²) in [6.07, 6.45) is 0. The van der Waals surface area contributed by atoms with Gasteiger partial charge in [0.1, 0.15) is 5.15 Å². The summed E-state index contributed by atoms with van der Waals surface area (Å²) in [7, 11) is 1.86. The van der Waals surface area contributed by atoms with Crippen molar-refractivity contribution in [3.63, 3.8) is 0 Å². The highest BCUT2D eigenvalue weighted by Crippen LogP contribution is 2.20. The van der Waals surface area contributed by atoms with E-state index in [9.17, 15) is 0 Å². The monoisotopic (exact) mass is 277 g/mol. The summed E-state index contributed by atoms with van der Waals surface area (Å²) >= 11 is 6.23. The molecule has 0 saturated carbocycles. The molecule has 2 aromatic rings. The SMILES string of the molecule is Cc1cccc([C@H](C)NCc2c(C)nn(C)c2Cl)c1. The van der Waals surface area contributed by atoms with E-state index < -0.39 is 0 Å². The summed E-state index contributed by atoms with van der Waals surface area (Å²) in [5.41, 5.74) is 4.62. The van der Waals surface area contributed by atoms with E-state index in [1.54, 1.807) is 4.68 Å². The summed E-state index contributed by atoms with van der Waals surface area (Å²) in [5, 5.41) is 8.53. The Balaban J connectivity index is 2.06. The lowest BCUT2D eigenvalue weighted by molar-refractivity contribution is 0.573. The number of benzene rings is 1. The first-order chi connectivity index (χ1) is 8.99. The van der Waals surface area contributed by atoms with Crippen LogP contribution < -0.4 is 5.32 Å². The molecule has 0 unspecified atom stereocenters. The Morgan fingerprint density at radius 2 is 2.11 bits per heavy atom. The number of hydrogen-bond donors (Lipinski definition) is 1. The van der Waals surface area contributed by atoms with Crippen LogP contribution in [-0.4, -0.2) is 9.78 Å². The second-order valence-electron chi connectivity index (χ2n) is 5.00. The topological polar surface area (TPSA) is 29.9 Å². The van der Waals surface area contributed by atoms with E-state index in [2.05, 4.69) is 48.5 Å². The van der Waals surface area contributed by atoms with Crippen molar-refractivity contribution in [2.45, 2.75) is 33.4 Å². The van der Waals surface area contributed by atoms with Crippen molar-refractivity contribution in [3.05, 3.63) is 51.8 Å². The molecule has 0 radical (unpaired) electrons. The van der Waals surface area contributed by atoms with Gasteiger partial charge in [-0.05, 0) is 26.3 Å². The molecule has 0 aliphatic rings. The van der Waals surface area contributed by atoms with E-state index in [4.69, 9.17) is 11.6 Å². The predicted molar refractivity (Wildman–Crippen MR) is 79.4 cm³/mol. The highest BCUT2D eigenvalue weighted by molar-refractivity contribution is 6.30. The molecule has 1 aromatic heterocycles. The number of aromatic nitrogens is 2. The quantitative estimate of drug-likeness (QED) is 0.926. The lowest BCUT2D eigenvalue weighted by Crippen LogP contribution is -2.18. The van der Waals surface area contributed by atoms with Gasteiger partial charge in [-0.2, -0.15) is 5.10 Å². The number of rotatable bonds is 4. The zero-order valence-corrected chi connectivity index (χ0v) is 12.6. The van der Waals surface area contributed by atoms with Gasteiger partial charge >= 0.3 is 0 Å². The van der Waals surface area contributed by atoms with Gasteiger partial charge in [-0.3, -0.25) is 4.68 Å². The van der Waals surface area contributed by atoms with E-state index in [0.717, 1.165) is 17.8 Å². The second-order valence-corrected chi connectivity index (χ2v) is 5.35. The first-order valence-corrected chi connectivity index (χ1v) is 6.84. The first-order valence-electron chi connectivity index (χ1n) is 6.47. The summed E-state index contributed by atoms with van der Waals surface area (Å²) < 4.78 is 1.71. The van der Waals surface area contributed by atoms with E-state index in [1.165, 1.54) is 11.1 Å². The van der Waals surface area contributed by atoms with Crippen molar-refractivity contribution >= 4 is 11.6 Å². The van der Waals surface area contributed by atoms with Gasteiger partial charge in [0, 0.05) is 25.2 Å². The van der Waals surface area contributed by atoms with Crippen LogP contribution in [0, 0.1) is 13.8 Å². The third-order valence-corrected chi connectivity index (χ3v) is 3.87.